The summed E-state index contributed by atoms with van der Waals surface area (Å²) in [4.78, 5) is 11.1. The van der Waals surface area contributed by atoms with Gasteiger partial charge in [0.05, 0.1) is 12.3 Å². The van der Waals surface area contributed by atoms with Crippen LogP contribution in [-0.4, -0.2) is 30.9 Å². The average molecular weight is 299 g/mol. The summed E-state index contributed by atoms with van der Waals surface area (Å²) in [5, 5.41) is 0. The fraction of sp³-hybridized carbons (Fsp3) is 0.462. The SMILES string of the molecule is CC(C)CS(=O)(=O)N(CC(N)=O)Cc1ccc(N)cc1. The normalized spacial score (nSPS) is 12.0. The highest BCUT2D eigenvalue weighted by molar-refractivity contribution is 7.89. The number of hydrogen-bond acceptors (Lipinski definition) is 4. The Morgan fingerprint density at radius 2 is 1.80 bits per heavy atom. The quantitative estimate of drug-likeness (QED) is 0.717. The van der Waals surface area contributed by atoms with Crippen LogP contribution in [0.25, 0.3) is 0 Å². The lowest BCUT2D eigenvalue weighted by atomic mass is 10.2. The number of rotatable bonds is 7. The lowest BCUT2D eigenvalue weighted by molar-refractivity contribution is -0.118. The van der Waals surface area contributed by atoms with Crippen molar-refractivity contribution in [3.63, 3.8) is 0 Å². The lowest BCUT2D eigenvalue weighted by Crippen LogP contribution is -2.40. The third-order valence-electron chi connectivity index (χ3n) is 2.61. The zero-order chi connectivity index (χ0) is 15.3. The van der Waals surface area contributed by atoms with Crippen molar-refractivity contribution in [1.82, 2.24) is 4.31 Å². The number of anilines is 1. The molecule has 0 aliphatic heterocycles. The van der Waals surface area contributed by atoms with Gasteiger partial charge in [-0.15, -0.1) is 0 Å². The van der Waals surface area contributed by atoms with E-state index in [0.717, 1.165) is 9.87 Å². The fourth-order valence-electron chi connectivity index (χ4n) is 1.78. The molecule has 112 valence electrons. The molecule has 0 saturated heterocycles. The molecule has 0 unspecified atom stereocenters. The van der Waals surface area contributed by atoms with Gasteiger partial charge in [0, 0.05) is 12.2 Å². The van der Waals surface area contributed by atoms with Crippen molar-refractivity contribution in [2.75, 3.05) is 18.0 Å². The van der Waals surface area contributed by atoms with E-state index < -0.39 is 15.9 Å². The molecular weight excluding hydrogens is 278 g/mol. The number of carbonyl (C=O) groups is 1. The van der Waals surface area contributed by atoms with Gasteiger partial charge < -0.3 is 11.5 Å². The van der Waals surface area contributed by atoms with E-state index in [1.807, 2.05) is 13.8 Å². The molecule has 4 N–H and O–H groups in total. The van der Waals surface area contributed by atoms with Gasteiger partial charge in [0.15, 0.2) is 0 Å². The number of nitrogens with two attached hydrogens (primary N) is 2. The van der Waals surface area contributed by atoms with Crippen LogP contribution in [0.15, 0.2) is 24.3 Å². The monoisotopic (exact) mass is 299 g/mol. The lowest BCUT2D eigenvalue weighted by Gasteiger charge is -2.22. The molecule has 0 spiro atoms. The molecule has 0 aliphatic carbocycles. The topological polar surface area (TPSA) is 106 Å². The van der Waals surface area contributed by atoms with E-state index in [2.05, 4.69) is 0 Å². The van der Waals surface area contributed by atoms with Crippen molar-refractivity contribution in [3.8, 4) is 0 Å². The van der Waals surface area contributed by atoms with Gasteiger partial charge in [-0.1, -0.05) is 26.0 Å². The summed E-state index contributed by atoms with van der Waals surface area (Å²) in [6.45, 7) is 3.41. The molecular formula is C13H21N3O3S. The van der Waals surface area contributed by atoms with Gasteiger partial charge in [-0.3, -0.25) is 4.79 Å². The number of hydrogen-bond donors (Lipinski definition) is 2. The molecule has 1 rings (SSSR count). The molecule has 0 bridgehead atoms. The first-order valence-corrected chi connectivity index (χ1v) is 7.92. The van der Waals surface area contributed by atoms with Gasteiger partial charge >= 0.3 is 0 Å². The van der Waals surface area contributed by atoms with Crippen molar-refractivity contribution < 1.29 is 13.2 Å². The second kappa shape index (κ2) is 6.71. The zero-order valence-corrected chi connectivity index (χ0v) is 12.6. The number of nitrogens with zero attached hydrogens (tertiary/aromatic N) is 1. The Hall–Kier alpha value is -1.60. The minimum atomic E-state index is -3.52. The molecule has 0 atom stereocenters. The van der Waals surface area contributed by atoms with Crippen LogP contribution < -0.4 is 11.5 Å². The number of benzene rings is 1. The van der Waals surface area contributed by atoms with Crippen LogP contribution in [0.5, 0.6) is 0 Å². The van der Waals surface area contributed by atoms with Crippen LogP contribution in [0, 0.1) is 5.92 Å². The Morgan fingerprint density at radius 3 is 2.25 bits per heavy atom. The van der Waals surface area contributed by atoms with E-state index in [-0.39, 0.29) is 24.8 Å². The third-order valence-corrected chi connectivity index (χ3v) is 4.74. The summed E-state index contributed by atoms with van der Waals surface area (Å²) in [6, 6.07) is 6.84. The summed E-state index contributed by atoms with van der Waals surface area (Å²) < 4.78 is 25.6. The first-order valence-electron chi connectivity index (χ1n) is 6.31. The maximum absolute atomic E-state index is 12.2. The highest BCUT2D eigenvalue weighted by atomic mass is 32.2. The highest BCUT2D eigenvalue weighted by Crippen LogP contribution is 2.13. The van der Waals surface area contributed by atoms with Gasteiger partial charge in [0.2, 0.25) is 15.9 Å². The molecule has 0 aliphatic rings. The van der Waals surface area contributed by atoms with Crippen LogP contribution in [0.2, 0.25) is 0 Å². The van der Waals surface area contributed by atoms with Crippen LogP contribution in [-0.2, 0) is 21.4 Å². The van der Waals surface area contributed by atoms with E-state index in [1.54, 1.807) is 24.3 Å². The van der Waals surface area contributed by atoms with Crippen LogP contribution in [0.3, 0.4) is 0 Å². The smallest absolute Gasteiger partial charge is 0.232 e. The van der Waals surface area contributed by atoms with E-state index >= 15 is 0 Å². The molecule has 6 nitrogen and oxygen atoms in total. The summed E-state index contributed by atoms with van der Waals surface area (Å²) >= 11 is 0. The van der Waals surface area contributed by atoms with E-state index in [9.17, 15) is 13.2 Å². The Kier molecular flexibility index (Phi) is 5.52. The molecule has 0 heterocycles. The van der Waals surface area contributed by atoms with Crippen molar-refractivity contribution >= 4 is 21.6 Å². The highest BCUT2D eigenvalue weighted by Gasteiger charge is 2.24. The number of carbonyl (C=O) groups excluding carboxylic acids is 1. The van der Waals surface area contributed by atoms with Crippen LogP contribution >= 0.6 is 0 Å². The Bertz CT molecular complexity index is 553. The van der Waals surface area contributed by atoms with Gasteiger partial charge in [-0.2, -0.15) is 4.31 Å². The van der Waals surface area contributed by atoms with E-state index in [4.69, 9.17) is 11.5 Å². The van der Waals surface area contributed by atoms with E-state index in [0.29, 0.717) is 5.69 Å². The van der Waals surface area contributed by atoms with Crippen molar-refractivity contribution in [2.24, 2.45) is 11.7 Å². The van der Waals surface area contributed by atoms with Gasteiger partial charge in [-0.25, -0.2) is 8.42 Å². The molecule has 0 aromatic heterocycles. The summed E-state index contributed by atoms with van der Waals surface area (Å²) in [5.41, 5.74) is 12.1. The zero-order valence-electron chi connectivity index (χ0n) is 11.7. The standard InChI is InChI=1S/C13H21N3O3S/c1-10(2)9-20(18,19)16(8-13(15)17)7-11-3-5-12(14)6-4-11/h3-6,10H,7-9,14H2,1-2H3,(H2,15,17). The van der Waals surface area contributed by atoms with Crippen LogP contribution in [0.4, 0.5) is 5.69 Å². The third kappa shape index (κ3) is 5.18. The summed E-state index contributed by atoms with van der Waals surface area (Å²) in [5.74, 6) is -0.718. The largest absolute Gasteiger partial charge is 0.399 e. The van der Waals surface area contributed by atoms with Crippen molar-refractivity contribution in [1.29, 1.82) is 0 Å². The Balaban J connectivity index is 2.95. The first kappa shape index (κ1) is 16.5. The van der Waals surface area contributed by atoms with Crippen molar-refractivity contribution in [3.05, 3.63) is 29.8 Å². The first-order chi connectivity index (χ1) is 9.20. The second-order valence-electron chi connectivity index (χ2n) is 5.15. The number of primary amides is 1. The van der Waals surface area contributed by atoms with Gasteiger partial charge in [0.25, 0.3) is 0 Å². The predicted molar refractivity (Wildman–Crippen MR) is 79.1 cm³/mol. The second-order valence-corrected chi connectivity index (χ2v) is 7.16. The number of sulfonamides is 1. The maximum atomic E-state index is 12.2. The minimum Gasteiger partial charge on any atom is -0.399 e. The van der Waals surface area contributed by atoms with Crippen molar-refractivity contribution in [2.45, 2.75) is 20.4 Å². The molecule has 1 aromatic carbocycles. The number of amides is 1. The molecule has 1 amide bonds. The number of nitrogen functional groups attached to an aromatic ring is 1. The van der Waals surface area contributed by atoms with Gasteiger partial charge in [0.1, 0.15) is 0 Å². The summed E-state index contributed by atoms with van der Waals surface area (Å²) in [6.07, 6.45) is 0. The Morgan fingerprint density at radius 1 is 1.25 bits per heavy atom. The maximum Gasteiger partial charge on any atom is 0.232 e. The predicted octanol–water partition coefficient (Wildman–Crippen LogP) is 0.542. The molecule has 1 aromatic rings. The Labute approximate surface area is 119 Å². The summed E-state index contributed by atoms with van der Waals surface area (Å²) in [7, 11) is -3.52. The average Bonchev–Trinajstić information content (AvgIpc) is 2.29. The molecule has 0 fully saturated rings. The fourth-order valence-corrected chi connectivity index (χ4v) is 3.50. The molecule has 7 heteroatoms. The van der Waals surface area contributed by atoms with E-state index in [1.165, 1.54) is 0 Å². The van der Waals surface area contributed by atoms with Crippen LogP contribution in [0.1, 0.15) is 19.4 Å². The molecule has 0 saturated carbocycles. The molecule has 20 heavy (non-hydrogen) atoms. The minimum absolute atomic E-state index is 0.0186. The van der Waals surface area contributed by atoms with Gasteiger partial charge in [-0.05, 0) is 23.6 Å². The molecule has 0 radical (unpaired) electrons.